The Morgan fingerprint density at radius 2 is 1.48 bits per heavy atom. The smallest absolute Gasteiger partial charge is 0.338 e. The van der Waals surface area contributed by atoms with Crippen molar-refractivity contribution in [3.8, 4) is 17.2 Å². The maximum Gasteiger partial charge on any atom is 0.338 e. The van der Waals surface area contributed by atoms with Crippen LogP contribution in [0.25, 0.3) is 0 Å². The third kappa shape index (κ3) is 5.23. The summed E-state index contributed by atoms with van der Waals surface area (Å²) in [7, 11) is 1.51. The average Bonchev–Trinajstić information content (AvgIpc) is 2.67. The van der Waals surface area contributed by atoms with Gasteiger partial charge in [0.05, 0.1) is 25.9 Å². The molecule has 0 unspecified atom stereocenters. The topological polar surface area (TPSA) is 71.1 Å². The van der Waals surface area contributed by atoms with Gasteiger partial charge in [0.15, 0.2) is 17.3 Å². The number of carbonyl (C=O) groups excluding carboxylic acids is 2. The SMILES string of the molecule is CCOc1ccc(C(C)=O)cc1COC(=O)c1ccc(OCC)c(OC)c1. The van der Waals surface area contributed by atoms with E-state index in [4.69, 9.17) is 18.9 Å². The highest BCUT2D eigenvalue weighted by Gasteiger charge is 2.14. The van der Waals surface area contributed by atoms with Crippen molar-refractivity contribution in [2.75, 3.05) is 20.3 Å². The number of hydrogen-bond donors (Lipinski definition) is 0. The van der Waals surface area contributed by atoms with Crippen LogP contribution in [0, 0.1) is 0 Å². The Bertz CT molecular complexity index is 812. The minimum atomic E-state index is -0.507. The summed E-state index contributed by atoms with van der Waals surface area (Å²) in [5.74, 6) is 1.03. The Kier molecular flexibility index (Phi) is 7.23. The lowest BCUT2D eigenvalue weighted by Crippen LogP contribution is -2.08. The number of hydrogen-bond acceptors (Lipinski definition) is 6. The molecule has 0 aliphatic rings. The van der Waals surface area contributed by atoms with Gasteiger partial charge in [-0.2, -0.15) is 0 Å². The van der Waals surface area contributed by atoms with Crippen LogP contribution in [0.2, 0.25) is 0 Å². The average molecular weight is 372 g/mol. The summed E-state index contributed by atoms with van der Waals surface area (Å²) in [5, 5.41) is 0. The van der Waals surface area contributed by atoms with Gasteiger partial charge in [-0.15, -0.1) is 0 Å². The van der Waals surface area contributed by atoms with Gasteiger partial charge in [0, 0.05) is 11.1 Å². The monoisotopic (exact) mass is 372 g/mol. The predicted molar refractivity (Wildman–Crippen MR) is 101 cm³/mol. The van der Waals surface area contributed by atoms with Crippen LogP contribution in [-0.4, -0.2) is 32.1 Å². The molecule has 6 nitrogen and oxygen atoms in total. The zero-order valence-electron chi connectivity index (χ0n) is 16.0. The summed E-state index contributed by atoms with van der Waals surface area (Å²) < 4.78 is 21.7. The fourth-order valence-corrected chi connectivity index (χ4v) is 2.50. The number of esters is 1. The van der Waals surface area contributed by atoms with Crippen LogP contribution in [-0.2, 0) is 11.3 Å². The Balaban J connectivity index is 2.17. The molecule has 0 spiro atoms. The molecule has 0 aromatic heterocycles. The molecule has 2 aromatic carbocycles. The van der Waals surface area contributed by atoms with E-state index in [2.05, 4.69) is 0 Å². The van der Waals surface area contributed by atoms with Gasteiger partial charge in [0.25, 0.3) is 0 Å². The molecule has 144 valence electrons. The second kappa shape index (κ2) is 9.62. The van der Waals surface area contributed by atoms with E-state index in [-0.39, 0.29) is 12.4 Å². The van der Waals surface area contributed by atoms with Crippen LogP contribution in [0.1, 0.15) is 47.1 Å². The van der Waals surface area contributed by atoms with Crippen molar-refractivity contribution in [1.29, 1.82) is 0 Å². The lowest BCUT2D eigenvalue weighted by atomic mass is 10.1. The first kappa shape index (κ1) is 20.3. The summed E-state index contributed by atoms with van der Waals surface area (Å²) >= 11 is 0. The van der Waals surface area contributed by atoms with Crippen molar-refractivity contribution in [1.82, 2.24) is 0 Å². The van der Waals surface area contributed by atoms with E-state index in [0.29, 0.717) is 47.2 Å². The van der Waals surface area contributed by atoms with Gasteiger partial charge in [-0.25, -0.2) is 4.79 Å². The Hall–Kier alpha value is -3.02. The van der Waals surface area contributed by atoms with Crippen molar-refractivity contribution in [3.05, 3.63) is 53.1 Å². The van der Waals surface area contributed by atoms with Gasteiger partial charge in [-0.3, -0.25) is 4.79 Å². The molecule has 0 aliphatic heterocycles. The number of Topliss-reactive ketones (excluding diaryl/α,β-unsaturated/α-hetero) is 1. The summed E-state index contributed by atoms with van der Waals surface area (Å²) in [6.07, 6.45) is 0. The van der Waals surface area contributed by atoms with E-state index in [0.717, 1.165) is 0 Å². The van der Waals surface area contributed by atoms with E-state index in [1.165, 1.54) is 14.0 Å². The highest BCUT2D eigenvalue weighted by Crippen LogP contribution is 2.29. The van der Waals surface area contributed by atoms with E-state index in [1.807, 2.05) is 13.8 Å². The van der Waals surface area contributed by atoms with Gasteiger partial charge in [-0.05, 0) is 57.2 Å². The number of ether oxygens (including phenoxy) is 4. The molecule has 0 amide bonds. The van der Waals surface area contributed by atoms with Gasteiger partial charge in [0.2, 0.25) is 0 Å². The molecule has 0 aliphatic carbocycles. The molecule has 0 heterocycles. The van der Waals surface area contributed by atoms with E-state index >= 15 is 0 Å². The number of benzene rings is 2. The molecular weight excluding hydrogens is 348 g/mol. The van der Waals surface area contributed by atoms with Crippen LogP contribution in [0.15, 0.2) is 36.4 Å². The zero-order valence-corrected chi connectivity index (χ0v) is 16.0. The third-order valence-electron chi connectivity index (χ3n) is 3.82. The Morgan fingerprint density at radius 3 is 2.11 bits per heavy atom. The van der Waals surface area contributed by atoms with Crippen LogP contribution in [0.5, 0.6) is 17.2 Å². The molecule has 0 fully saturated rings. The number of carbonyl (C=O) groups is 2. The minimum Gasteiger partial charge on any atom is -0.493 e. The molecule has 6 heteroatoms. The molecule has 0 saturated heterocycles. The molecular formula is C21H24O6. The maximum absolute atomic E-state index is 12.4. The molecule has 0 bridgehead atoms. The van der Waals surface area contributed by atoms with Crippen LogP contribution in [0.3, 0.4) is 0 Å². The van der Waals surface area contributed by atoms with Crippen molar-refractivity contribution in [2.45, 2.75) is 27.4 Å². The van der Waals surface area contributed by atoms with Gasteiger partial charge < -0.3 is 18.9 Å². The number of ketones is 1. The maximum atomic E-state index is 12.4. The number of rotatable bonds is 9. The predicted octanol–water partition coefficient (Wildman–Crippen LogP) is 4.05. The summed E-state index contributed by atoms with van der Waals surface area (Å²) in [6, 6.07) is 9.94. The lowest BCUT2D eigenvalue weighted by Gasteiger charge is -2.13. The fraction of sp³-hybridized carbons (Fsp3) is 0.333. The highest BCUT2D eigenvalue weighted by atomic mass is 16.5. The van der Waals surface area contributed by atoms with Crippen molar-refractivity contribution in [2.24, 2.45) is 0 Å². The molecule has 0 saturated carbocycles. The van der Waals surface area contributed by atoms with Gasteiger partial charge in [-0.1, -0.05) is 0 Å². The van der Waals surface area contributed by atoms with E-state index in [1.54, 1.807) is 36.4 Å². The first-order chi connectivity index (χ1) is 13.0. The molecule has 2 rings (SSSR count). The third-order valence-corrected chi connectivity index (χ3v) is 3.82. The molecule has 0 atom stereocenters. The van der Waals surface area contributed by atoms with Gasteiger partial charge in [0.1, 0.15) is 12.4 Å². The van der Waals surface area contributed by atoms with E-state index < -0.39 is 5.97 Å². The second-order valence-electron chi connectivity index (χ2n) is 5.69. The van der Waals surface area contributed by atoms with Crippen molar-refractivity contribution < 1.29 is 28.5 Å². The standard InChI is InChI=1S/C21H24O6/c1-5-25-18-9-7-15(14(3)22)11-17(18)13-27-21(23)16-8-10-19(26-6-2)20(12-16)24-4/h7-12H,5-6,13H2,1-4H3. The van der Waals surface area contributed by atoms with Crippen molar-refractivity contribution in [3.63, 3.8) is 0 Å². The summed E-state index contributed by atoms with van der Waals surface area (Å²) in [4.78, 5) is 24.0. The minimum absolute atomic E-state index is 0.00911. The second-order valence-corrected chi connectivity index (χ2v) is 5.69. The van der Waals surface area contributed by atoms with Crippen LogP contribution < -0.4 is 14.2 Å². The summed E-state index contributed by atoms with van der Waals surface area (Å²) in [6.45, 7) is 6.17. The number of methoxy groups -OCH3 is 1. The highest BCUT2D eigenvalue weighted by molar-refractivity contribution is 5.94. The van der Waals surface area contributed by atoms with E-state index in [9.17, 15) is 9.59 Å². The Morgan fingerprint density at radius 1 is 0.852 bits per heavy atom. The van der Waals surface area contributed by atoms with Gasteiger partial charge >= 0.3 is 5.97 Å². The van der Waals surface area contributed by atoms with Crippen LogP contribution in [0.4, 0.5) is 0 Å². The Labute approximate surface area is 159 Å². The first-order valence-electron chi connectivity index (χ1n) is 8.74. The molecule has 27 heavy (non-hydrogen) atoms. The van der Waals surface area contributed by atoms with Crippen molar-refractivity contribution >= 4 is 11.8 Å². The quantitative estimate of drug-likeness (QED) is 0.488. The van der Waals surface area contributed by atoms with Crippen LogP contribution >= 0.6 is 0 Å². The normalized spacial score (nSPS) is 10.2. The molecule has 0 radical (unpaired) electrons. The molecule has 2 aromatic rings. The lowest BCUT2D eigenvalue weighted by molar-refractivity contribution is 0.0469. The fourth-order valence-electron chi connectivity index (χ4n) is 2.50. The zero-order chi connectivity index (χ0) is 19.8. The molecule has 0 N–H and O–H groups in total. The summed E-state index contributed by atoms with van der Waals surface area (Å²) in [5.41, 5.74) is 1.51. The first-order valence-corrected chi connectivity index (χ1v) is 8.74. The largest absolute Gasteiger partial charge is 0.493 e.